The Balaban J connectivity index is 1.43. The molecule has 0 saturated heterocycles. The van der Waals surface area contributed by atoms with Crippen LogP contribution >= 0.6 is 0 Å². The molecule has 1 N–H and O–H groups in total. The summed E-state index contributed by atoms with van der Waals surface area (Å²) in [5, 5.41) is 9.22. The van der Waals surface area contributed by atoms with Crippen LogP contribution in [0.2, 0.25) is 0 Å². The molecule has 28 heavy (non-hydrogen) atoms. The van der Waals surface area contributed by atoms with Gasteiger partial charge in [0.2, 0.25) is 0 Å². The molecule has 0 atom stereocenters. The summed E-state index contributed by atoms with van der Waals surface area (Å²) in [6.07, 6.45) is 11.2. The van der Waals surface area contributed by atoms with E-state index in [-0.39, 0.29) is 0 Å². The van der Waals surface area contributed by atoms with Crippen LogP contribution in [-0.2, 0) is 12.8 Å². The predicted molar refractivity (Wildman–Crippen MR) is 112 cm³/mol. The second kappa shape index (κ2) is 8.38. The zero-order valence-electron chi connectivity index (χ0n) is 16.7. The Labute approximate surface area is 167 Å². The first-order valence-corrected chi connectivity index (χ1v) is 10.8. The maximum atomic E-state index is 11.2. The Morgan fingerprint density at radius 2 is 1.68 bits per heavy atom. The van der Waals surface area contributed by atoms with Crippen molar-refractivity contribution in [1.82, 2.24) is 0 Å². The zero-order chi connectivity index (χ0) is 19.5. The van der Waals surface area contributed by atoms with Gasteiger partial charge in [0.1, 0.15) is 5.75 Å². The predicted octanol–water partition coefficient (Wildman–Crippen LogP) is 6.28. The van der Waals surface area contributed by atoms with E-state index < -0.39 is 5.97 Å². The molecule has 0 radical (unpaired) electrons. The summed E-state index contributed by atoms with van der Waals surface area (Å²) in [6.45, 7) is 2.27. The van der Waals surface area contributed by atoms with E-state index in [0.717, 1.165) is 35.6 Å². The molecular weight excluding hydrogens is 348 g/mol. The van der Waals surface area contributed by atoms with E-state index >= 15 is 0 Å². The third-order valence-corrected chi connectivity index (χ3v) is 6.45. The second-order valence-corrected chi connectivity index (χ2v) is 8.40. The smallest absolute Gasteiger partial charge is 0.335 e. The van der Waals surface area contributed by atoms with Gasteiger partial charge in [0, 0.05) is 0 Å². The van der Waals surface area contributed by atoms with Gasteiger partial charge in [0.25, 0.3) is 0 Å². The number of aromatic carboxylic acids is 1. The number of unbranched alkanes of at least 4 members (excludes halogenated alkanes) is 1. The lowest BCUT2D eigenvalue weighted by Crippen LogP contribution is -2.24. The van der Waals surface area contributed by atoms with Crippen LogP contribution in [0.15, 0.2) is 36.4 Å². The van der Waals surface area contributed by atoms with Crippen LogP contribution in [0.25, 0.3) is 11.1 Å². The minimum absolute atomic E-state index is 0.352. The van der Waals surface area contributed by atoms with Crippen molar-refractivity contribution in [2.75, 3.05) is 0 Å². The summed E-state index contributed by atoms with van der Waals surface area (Å²) >= 11 is 0. The Kier molecular flexibility index (Phi) is 5.70. The van der Waals surface area contributed by atoms with Crippen molar-refractivity contribution in [2.24, 2.45) is 5.92 Å². The molecule has 3 heteroatoms. The van der Waals surface area contributed by atoms with Gasteiger partial charge in [-0.1, -0.05) is 38.3 Å². The molecular formula is C25H30O3. The Hall–Kier alpha value is -2.29. The molecule has 0 spiro atoms. The Morgan fingerprint density at radius 1 is 1.00 bits per heavy atom. The van der Waals surface area contributed by atoms with Crippen LogP contribution in [0.4, 0.5) is 0 Å². The van der Waals surface area contributed by atoms with Gasteiger partial charge in [0.05, 0.1) is 11.7 Å². The van der Waals surface area contributed by atoms with Crippen LogP contribution in [-0.4, -0.2) is 17.2 Å². The molecule has 0 amide bonds. The Bertz CT molecular complexity index is 847. The van der Waals surface area contributed by atoms with Crippen molar-refractivity contribution >= 4 is 5.97 Å². The molecule has 0 aromatic heterocycles. The molecule has 2 aromatic carbocycles. The lowest BCUT2D eigenvalue weighted by atomic mass is 9.84. The van der Waals surface area contributed by atoms with Crippen LogP contribution < -0.4 is 4.74 Å². The molecule has 4 rings (SSSR count). The third-order valence-electron chi connectivity index (χ3n) is 6.45. The lowest BCUT2D eigenvalue weighted by Gasteiger charge is -2.29. The highest BCUT2D eigenvalue weighted by molar-refractivity contribution is 5.89. The number of hydrogen-bond acceptors (Lipinski definition) is 2. The molecule has 0 bridgehead atoms. The van der Waals surface area contributed by atoms with E-state index in [9.17, 15) is 9.90 Å². The number of fused-ring (bicyclic) bond motifs is 3. The number of ether oxygens (including phenoxy) is 1. The first kappa shape index (κ1) is 19.0. The molecule has 3 nitrogen and oxygen atoms in total. The molecule has 2 aliphatic carbocycles. The standard InChI is InChI=1S/C25H30O3/c1-2-3-4-17-5-10-21(11-6-17)28-22-12-14-24-19(16-22)8-7-18-15-20(25(26)27)9-13-23(18)24/h9,12-17,21H,2-8,10-11H2,1H3,(H,26,27). The van der Waals surface area contributed by atoms with Crippen molar-refractivity contribution in [3.05, 3.63) is 53.1 Å². The van der Waals surface area contributed by atoms with Crippen molar-refractivity contribution in [1.29, 1.82) is 0 Å². The Morgan fingerprint density at radius 3 is 2.36 bits per heavy atom. The average Bonchev–Trinajstić information content (AvgIpc) is 2.72. The van der Waals surface area contributed by atoms with Crippen LogP contribution in [0.1, 0.15) is 73.4 Å². The normalized spacial score (nSPS) is 20.9. The maximum Gasteiger partial charge on any atom is 0.335 e. The van der Waals surface area contributed by atoms with Gasteiger partial charge in [-0.15, -0.1) is 0 Å². The number of rotatable bonds is 6. The molecule has 0 unspecified atom stereocenters. The third kappa shape index (κ3) is 4.09. The monoisotopic (exact) mass is 378 g/mol. The highest BCUT2D eigenvalue weighted by Crippen LogP contribution is 2.37. The largest absolute Gasteiger partial charge is 0.490 e. The van der Waals surface area contributed by atoms with Crippen molar-refractivity contribution in [3.8, 4) is 16.9 Å². The molecule has 2 aromatic rings. The number of carboxylic acid groups (broad SMARTS) is 1. The molecule has 1 fully saturated rings. The van der Waals surface area contributed by atoms with E-state index in [4.69, 9.17) is 4.74 Å². The molecule has 2 aliphatic rings. The summed E-state index contributed by atoms with van der Waals surface area (Å²) < 4.78 is 6.34. The minimum Gasteiger partial charge on any atom is -0.490 e. The van der Waals surface area contributed by atoms with Gasteiger partial charge < -0.3 is 9.84 Å². The van der Waals surface area contributed by atoms with Gasteiger partial charge in [-0.2, -0.15) is 0 Å². The van der Waals surface area contributed by atoms with E-state index in [1.54, 1.807) is 6.07 Å². The number of hydrogen-bond donors (Lipinski definition) is 1. The highest BCUT2D eigenvalue weighted by atomic mass is 16.5. The molecule has 148 valence electrons. The summed E-state index contributed by atoms with van der Waals surface area (Å²) in [4.78, 5) is 11.2. The van der Waals surface area contributed by atoms with Crippen LogP contribution in [0.3, 0.4) is 0 Å². The highest BCUT2D eigenvalue weighted by Gasteiger charge is 2.23. The summed E-state index contributed by atoms with van der Waals surface area (Å²) in [7, 11) is 0. The zero-order valence-corrected chi connectivity index (χ0v) is 16.7. The summed E-state index contributed by atoms with van der Waals surface area (Å²) in [5.74, 6) is 1.03. The molecule has 1 saturated carbocycles. The van der Waals surface area contributed by atoms with Crippen LogP contribution in [0, 0.1) is 5.92 Å². The molecule has 0 heterocycles. The minimum atomic E-state index is -0.859. The fraction of sp³-hybridized carbons (Fsp3) is 0.480. The van der Waals surface area contributed by atoms with Gasteiger partial charge in [-0.3, -0.25) is 0 Å². The first-order chi connectivity index (χ1) is 13.6. The van der Waals surface area contributed by atoms with Crippen molar-refractivity contribution in [3.63, 3.8) is 0 Å². The second-order valence-electron chi connectivity index (χ2n) is 8.40. The number of carboxylic acids is 1. The average molecular weight is 379 g/mol. The quantitative estimate of drug-likeness (QED) is 0.643. The first-order valence-electron chi connectivity index (χ1n) is 10.8. The van der Waals surface area contributed by atoms with E-state index in [1.165, 1.54) is 56.1 Å². The van der Waals surface area contributed by atoms with E-state index in [1.807, 2.05) is 12.1 Å². The van der Waals surface area contributed by atoms with Gasteiger partial charge in [-0.05, 0) is 91.0 Å². The maximum absolute atomic E-state index is 11.2. The fourth-order valence-corrected chi connectivity index (χ4v) is 4.80. The van der Waals surface area contributed by atoms with Crippen molar-refractivity contribution < 1.29 is 14.6 Å². The van der Waals surface area contributed by atoms with Gasteiger partial charge >= 0.3 is 5.97 Å². The number of benzene rings is 2. The SMILES string of the molecule is CCCCC1CCC(Oc2ccc3c(c2)CCc2cc(C(=O)O)ccc2-3)CC1. The van der Waals surface area contributed by atoms with Crippen LogP contribution in [0.5, 0.6) is 5.75 Å². The van der Waals surface area contributed by atoms with Gasteiger partial charge in [-0.25, -0.2) is 4.79 Å². The topological polar surface area (TPSA) is 46.5 Å². The van der Waals surface area contributed by atoms with Crippen molar-refractivity contribution in [2.45, 2.75) is 70.8 Å². The summed E-state index contributed by atoms with van der Waals surface area (Å²) in [5.41, 5.74) is 5.19. The number of aryl methyl sites for hydroxylation is 2. The fourth-order valence-electron chi connectivity index (χ4n) is 4.80. The van der Waals surface area contributed by atoms with E-state index in [0.29, 0.717) is 11.7 Å². The van der Waals surface area contributed by atoms with Gasteiger partial charge in [0.15, 0.2) is 0 Å². The molecule has 0 aliphatic heterocycles. The summed E-state index contributed by atoms with van der Waals surface area (Å²) in [6, 6.07) is 11.9. The lowest BCUT2D eigenvalue weighted by molar-refractivity contribution is 0.0696. The van der Waals surface area contributed by atoms with E-state index in [2.05, 4.69) is 25.1 Å². The number of carbonyl (C=O) groups is 1.